The molecule has 0 bridgehead atoms. The van der Waals surface area contributed by atoms with Crippen molar-refractivity contribution in [3.8, 4) is 5.75 Å². The van der Waals surface area contributed by atoms with Gasteiger partial charge in [0.05, 0.1) is 6.10 Å². The Morgan fingerprint density at radius 2 is 2.12 bits per heavy atom. The Bertz CT molecular complexity index is 364. The fourth-order valence-corrected chi connectivity index (χ4v) is 1.91. The largest absolute Gasteiger partial charge is 0.491 e. The van der Waals surface area contributed by atoms with E-state index < -0.39 is 0 Å². The molecular formula is C14H18O3. The molecule has 0 amide bonds. The number of hydrogen-bond acceptors (Lipinski definition) is 3. The molecule has 1 atom stereocenters. The lowest BCUT2D eigenvalue weighted by Gasteiger charge is -2.22. The van der Waals surface area contributed by atoms with Crippen LogP contribution in [0.5, 0.6) is 5.75 Å². The van der Waals surface area contributed by atoms with Crippen LogP contribution >= 0.6 is 0 Å². The van der Waals surface area contributed by atoms with E-state index >= 15 is 0 Å². The molecule has 1 aromatic rings. The van der Waals surface area contributed by atoms with Gasteiger partial charge in [0, 0.05) is 12.2 Å². The van der Waals surface area contributed by atoms with Crippen LogP contribution in [0.25, 0.3) is 0 Å². The second-order valence-corrected chi connectivity index (χ2v) is 4.38. The van der Waals surface area contributed by atoms with Crippen molar-refractivity contribution in [2.45, 2.75) is 32.3 Å². The Balaban J connectivity index is 1.84. The molecule has 2 rings (SSSR count). The predicted octanol–water partition coefficient (Wildman–Crippen LogP) is 2.84. The van der Waals surface area contributed by atoms with Crippen molar-refractivity contribution in [3.05, 3.63) is 29.8 Å². The van der Waals surface area contributed by atoms with E-state index in [2.05, 4.69) is 0 Å². The highest BCUT2D eigenvalue weighted by molar-refractivity contribution is 5.94. The maximum atomic E-state index is 11.1. The molecule has 0 aromatic heterocycles. The number of carbonyl (C=O) groups excluding carboxylic acids is 1. The minimum Gasteiger partial charge on any atom is -0.491 e. The first kappa shape index (κ1) is 12.1. The monoisotopic (exact) mass is 234 g/mol. The molecule has 92 valence electrons. The molecule has 0 saturated carbocycles. The number of benzene rings is 1. The third-order valence-electron chi connectivity index (χ3n) is 2.97. The van der Waals surface area contributed by atoms with Gasteiger partial charge in [0.2, 0.25) is 0 Å². The molecule has 1 aliphatic rings. The second kappa shape index (κ2) is 5.82. The first-order chi connectivity index (χ1) is 8.25. The summed E-state index contributed by atoms with van der Waals surface area (Å²) in [4.78, 5) is 11.1. The minimum atomic E-state index is 0.0761. The highest BCUT2D eigenvalue weighted by atomic mass is 16.5. The molecule has 0 N–H and O–H groups in total. The van der Waals surface area contributed by atoms with Gasteiger partial charge in [-0.05, 0) is 50.5 Å². The molecule has 0 spiro atoms. The Kier molecular flexibility index (Phi) is 4.15. The maximum Gasteiger partial charge on any atom is 0.159 e. The number of carbonyl (C=O) groups is 1. The standard InChI is InChI=1S/C14H18O3/c1-11(15)12-5-7-13(8-6-12)17-10-14-4-2-3-9-16-14/h5-8,14H,2-4,9-10H2,1H3. The molecule has 3 nitrogen and oxygen atoms in total. The van der Waals surface area contributed by atoms with Crippen LogP contribution in [0.15, 0.2) is 24.3 Å². The highest BCUT2D eigenvalue weighted by Gasteiger charge is 2.14. The molecule has 17 heavy (non-hydrogen) atoms. The van der Waals surface area contributed by atoms with Crippen LogP contribution in [0, 0.1) is 0 Å². The van der Waals surface area contributed by atoms with E-state index in [1.54, 1.807) is 19.1 Å². The molecule has 1 aliphatic heterocycles. The van der Waals surface area contributed by atoms with Crippen LogP contribution in [0.3, 0.4) is 0 Å². The fourth-order valence-electron chi connectivity index (χ4n) is 1.91. The Morgan fingerprint density at radius 3 is 2.71 bits per heavy atom. The van der Waals surface area contributed by atoms with Gasteiger partial charge >= 0.3 is 0 Å². The normalized spacial score (nSPS) is 19.9. The zero-order chi connectivity index (χ0) is 12.1. The zero-order valence-corrected chi connectivity index (χ0v) is 10.1. The number of rotatable bonds is 4. The summed E-state index contributed by atoms with van der Waals surface area (Å²) < 4.78 is 11.2. The van der Waals surface area contributed by atoms with E-state index in [0.29, 0.717) is 12.2 Å². The van der Waals surface area contributed by atoms with E-state index in [1.165, 1.54) is 6.42 Å². The van der Waals surface area contributed by atoms with E-state index in [0.717, 1.165) is 25.2 Å². The molecule has 0 radical (unpaired) electrons. The van der Waals surface area contributed by atoms with E-state index in [1.807, 2.05) is 12.1 Å². The van der Waals surface area contributed by atoms with Crippen molar-refractivity contribution in [3.63, 3.8) is 0 Å². The predicted molar refractivity (Wildman–Crippen MR) is 65.5 cm³/mol. The maximum absolute atomic E-state index is 11.1. The molecule has 0 aliphatic carbocycles. The van der Waals surface area contributed by atoms with Crippen LogP contribution in [-0.4, -0.2) is 25.1 Å². The van der Waals surface area contributed by atoms with Gasteiger partial charge in [-0.25, -0.2) is 0 Å². The molecule has 1 aromatic carbocycles. The Labute approximate surface area is 102 Å². The van der Waals surface area contributed by atoms with Gasteiger partial charge in [-0.1, -0.05) is 0 Å². The molecule has 1 heterocycles. The fraction of sp³-hybridized carbons (Fsp3) is 0.500. The molecule has 3 heteroatoms. The van der Waals surface area contributed by atoms with Crippen molar-refractivity contribution in [2.75, 3.05) is 13.2 Å². The highest BCUT2D eigenvalue weighted by Crippen LogP contribution is 2.16. The van der Waals surface area contributed by atoms with Gasteiger partial charge in [0.15, 0.2) is 5.78 Å². The average Bonchev–Trinajstić information content (AvgIpc) is 2.38. The van der Waals surface area contributed by atoms with E-state index in [9.17, 15) is 4.79 Å². The summed E-state index contributed by atoms with van der Waals surface area (Å²) >= 11 is 0. The summed E-state index contributed by atoms with van der Waals surface area (Å²) in [5.41, 5.74) is 0.714. The number of hydrogen-bond donors (Lipinski definition) is 0. The molecule has 1 saturated heterocycles. The lowest BCUT2D eigenvalue weighted by atomic mass is 10.1. The summed E-state index contributed by atoms with van der Waals surface area (Å²) in [5, 5.41) is 0. The van der Waals surface area contributed by atoms with Crippen LogP contribution in [0.1, 0.15) is 36.5 Å². The number of ketones is 1. The minimum absolute atomic E-state index is 0.0761. The van der Waals surface area contributed by atoms with Gasteiger partial charge in [-0.3, -0.25) is 4.79 Å². The number of Topliss-reactive ketones (excluding diaryl/α,β-unsaturated/α-hetero) is 1. The Morgan fingerprint density at radius 1 is 1.35 bits per heavy atom. The topological polar surface area (TPSA) is 35.5 Å². The van der Waals surface area contributed by atoms with E-state index in [4.69, 9.17) is 9.47 Å². The van der Waals surface area contributed by atoms with Crippen LogP contribution in [0.2, 0.25) is 0 Å². The van der Waals surface area contributed by atoms with Gasteiger partial charge in [-0.15, -0.1) is 0 Å². The van der Waals surface area contributed by atoms with Gasteiger partial charge in [0.1, 0.15) is 12.4 Å². The number of ether oxygens (including phenoxy) is 2. The average molecular weight is 234 g/mol. The third kappa shape index (κ3) is 3.56. The van der Waals surface area contributed by atoms with Crippen LogP contribution in [0.4, 0.5) is 0 Å². The summed E-state index contributed by atoms with van der Waals surface area (Å²) in [5.74, 6) is 0.872. The van der Waals surface area contributed by atoms with Gasteiger partial charge < -0.3 is 9.47 Å². The van der Waals surface area contributed by atoms with Crippen molar-refractivity contribution >= 4 is 5.78 Å². The molecule has 1 fully saturated rings. The van der Waals surface area contributed by atoms with Gasteiger partial charge in [-0.2, -0.15) is 0 Å². The van der Waals surface area contributed by atoms with Crippen LogP contribution in [-0.2, 0) is 4.74 Å². The smallest absolute Gasteiger partial charge is 0.159 e. The van der Waals surface area contributed by atoms with Crippen LogP contribution < -0.4 is 4.74 Å². The molecule has 1 unspecified atom stereocenters. The van der Waals surface area contributed by atoms with Crippen molar-refractivity contribution in [2.24, 2.45) is 0 Å². The zero-order valence-electron chi connectivity index (χ0n) is 10.1. The Hall–Kier alpha value is -1.35. The van der Waals surface area contributed by atoms with Gasteiger partial charge in [0.25, 0.3) is 0 Å². The van der Waals surface area contributed by atoms with Crippen molar-refractivity contribution in [1.29, 1.82) is 0 Å². The first-order valence-corrected chi connectivity index (χ1v) is 6.11. The summed E-state index contributed by atoms with van der Waals surface area (Å²) in [7, 11) is 0. The van der Waals surface area contributed by atoms with Crippen molar-refractivity contribution in [1.82, 2.24) is 0 Å². The van der Waals surface area contributed by atoms with Crippen molar-refractivity contribution < 1.29 is 14.3 Å². The summed E-state index contributed by atoms with van der Waals surface area (Å²) in [6.45, 7) is 3.00. The lowest BCUT2D eigenvalue weighted by molar-refractivity contribution is -0.0110. The quantitative estimate of drug-likeness (QED) is 0.751. The molecular weight excluding hydrogens is 216 g/mol. The third-order valence-corrected chi connectivity index (χ3v) is 2.97. The second-order valence-electron chi connectivity index (χ2n) is 4.38. The first-order valence-electron chi connectivity index (χ1n) is 6.11. The lowest BCUT2D eigenvalue weighted by Crippen LogP contribution is -2.25. The van der Waals surface area contributed by atoms with E-state index in [-0.39, 0.29) is 11.9 Å². The summed E-state index contributed by atoms with van der Waals surface area (Å²) in [6, 6.07) is 7.25. The SMILES string of the molecule is CC(=O)c1ccc(OCC2CCCCO2)cc1. The summed E-state index contributed by atoms with van der Waals surface area (Å²) in [6.07, 6.45) is 3.67.